The van der Waals surface area contributed by atoms with Crippen molar-refractivity contribution in [1.82, 2.24) is 5.32 Å². The summed E-state index contributed by atoms with van der Waals surface area (Å²) in [6.45, 7) is 1.98. The van der Waals surface area contributed by atoms with Crippen molar-refractivity contribution in [3.05, 3.63) is 29.8 Å². The summed E-state index contributed by atoms with van der Waals surface area (Å²) < 4.78 is 28.4. The van der Waals surface area contributed by atoms with Crippen molar-refractivity contribution in [2.24, 2.45) is 0 Å². The summed E-state index contributed by atoms with van der Waals surface area (Å²) in [5.41, 5.74) is 0.708. The van der Waals surface area contributed by atoms with Crippen LogP contribution in [0.3, 0.4) is 0 Å². The highest BCUT2D eigenvalue weighted by molar-refractivity contribution is 7.90. The molecular weight excluding hydrogens is 290 g/mol. The number of nitrogens with one attached hydrogen (secondary N) is 1. The lowest BCUT2D eigenvalue weighted by Crippen LogP contribution is -2.34. The van der Waals surface area contributed by atoms with Crippen LogP contribution in [0.15, 0.2) is 29.2 Å². The van der Waals surface area contributed by atoms with Gasteiger partial charge in [0.1, 0.15) is 0 Å². The number of sulfone groups is 1. The standard InChI is InChI=1S/C15H23NO4S/c1-21(18,19)14-7-5-12(6-8-14)15(17)11-16-10-13-4-2-3-9-20-13/h5-8,13,15-17H,2-4,9-11H2,1H3. The van der Waals surface area contributed by atoms with Crippen molar-refractivity contribution in [2.75, 3.05) is 26.0 Å². The van der Waals surface area contributed by atoms with Gasteiger partial charge < -0.3 is 15.2 Å². The first-order chi connectivity index (χ1) is 9.97. The molecule has 1 saturated heterocycles. The van der Waals surface area contributed by atoms with E-state index in [0.29, 0.717) is 12.1 Å². The van der Waals surface area contributed by atoms with Gasteiger partial charge in [-0.15, -0.1) is 0 Å². The second kappa shape index (κ2) is 7.35. The molecular formula is C15H23NO4S. The van der Waals surface area contributed by atoms with Crippen molar-refractivity contribution in [2.45, 2.75) is 36.4 Å². The highest BCUT2D eigenvalue weighted by atomic mass is 32.2. The molecule has 6 heteroatoms. The number of ether oxygens (including phenoxy) is 1. The maximum atomic E-state index is 11.4. The Morgan fingerprint density at radius 2 is 2.05 bits per heavy atom. The van der Waals surface area contributed by atoms with E-state index >= 15 is 0 Å². The summed E-state index contributed by atoms with van der Waals surface area (Å²) in [7, 11) is -3.19. The van der Waals surface area contributed by atoms with Gasteiger partial charge in [-0.25, -0.2) is 8.42 Å². The molecule has 2 atom stereocenters. The van der Waals surface area contributed by atoms with Crippen LogP contribution >= 0.6 is 0 Å². The third-order valence-electron chi connectivity index (χ3n) is 3.68. The Hall–Kier alpha value is -0.950. The third kappa shape index (κ3) is 5.07. The van der Waals surface area contributed by atoms with Gasteiger partial charge in [-0.1, -0.05) is 12.1 Å². The van der Waals surface area contributed by atoms with Gasteiger partial charge in [-0.2, -0.15) is 0 Å². The summed E-state index contributed by atoms with van der Waals surface area (Å²) in [6.07, 6.45) is 4.14. The molecule has 0 aromatic heterocycles. The van der Waals surface area contributed by atoms with E-state index in [-0.39, 0.29) is 11.0 Å². The van der Waals surface area contributed by atoms with E-state index in [9.17, 15) is 13.5 Å². The van der Waals surface area contributed by atoms with E-state index in [1.807, 2.05) is 0 Å². The normalized spacial score (nSPS) is 21.1. The lowest BCUT2D eigenvalue weighted by Gasteiger charge is -2.23. The summed E-state index contributed by atoms with van der Waals surface area (Å²) in [5, 5.41) is 13.3. The SMILES string of the molecule is CS(=O)(=O)c1ccc(C(O)CNCC2CCCCO2)cc1. The fourth-order valence-electron chi connectivity index (χ4n) is 2.40. The molecule has 0 spiro atoms. The lowest BCUT2D eigenvalue weighted by molar-refractivity contribution is 0.0152. The zero-order valence-corrected chi connectivity index (χ0v) is 13.1. The average Bonchev–Trinajstić information content (AvgIpc) is 2.47. The summed E-state index contributed by atoms with van der Waals surface area (Å²) in [4.78, 5) is 0.266. The molecule has 21 heavy (non-hydrogen) atoms. The molecule has 2 rings (SSSR count). The zero-order valence-electron chi connectivity index (χ0n) is 12.3. The first-order valence-corrected chi connectivity index (χ1v) is 9.16. The van der Waals surface area contributed by atoms with Gasteiger partial charge in [-0.05, 0) is 37.0 Å². The highest BCUT2D eigenvalue weighted by Gasteiger charge is 2.15. The van der Waals surface area contributed by atoms with E-state index in [1.165, 1.54) is 24.8 Å². The first-order valence-electron chi connectivity index (χ1n) is 7.27. The Morgan fingerprint density at radius 3 is 2.62 bits per heavy atom. The highest BCUT2D eigenvalue weighted by Crippen LogP contribution is 2.16. The maximum Gasteiger partial charge on any atom is 0.175 e. The second-order valence-electron chi connectivity index (χ2n) is 5.50. The molecule has 1 aliphatic rings. The average molecular weight is 313 g/mol. The summed E-state index contributed by atoms with van der Waals surface area (Å²) >= 11 is 0. The predicted octanol–water partition coefficient (Wildman–Crippen LogP) is 1.28. The van der Waals surface area contributed by atoms with E-state index in [2.05, 4.69) is 5.32 Å². The molecule has 2 unspecified atom stereocenters. The quantitative estimate of drug-likeness (QED) is 0.827. The number of hydrogen-bond acceptors (Lipinski definition) is 5. The fraction of sp³-hybridized carbons (Fsp3) is 0.600. The molecule has 0 radical (unpaired) electrons. The van der Waals surface area contributed by atoms with Crippen LogP contribution in [-0.4, -0.2) is 45.6 Å². The van der Waals surface area contributed by atoms with E-state index < -0.39 is 15.9 Å². The van der Waals surface area contributed by atoms with Crippen molar-refractivity contribution in [3.8, 4) is 0 Å². The topological polar surface area (TPSA) is 75.6 Å². The summed E-state index contributed by atoms with van der Waals surface area (Å²) in [6, 6.07) is 6.36. The molecule has 5 nitrogen and oxygen atoms in total. The van der Waals surface area contributed by atoms with Crippen LogP contribution in [-0.2, 0) is 14.6 Å². The van der Waals surface area contributed by atoms with E-state index in [0.717, 1.165) is 26.0 Å². The fourth-order valence-corrected chi connectivity index (χ4v) is 3.03. The van der Waals surface area contributed by atoms with Gasteiger partial charge in [0.2, 0.25) is 0 Å². The Balaban J connectivity index is 1.81. The molecule has 2 N–H and O–H groups in total. The second-order valence-corrected chi connectivity index (χ2v) is 7.52. The molecule has 118 valence electrons. The lowest BCUT2D eigenvalue weighted by atomic mass is 10.1. The van der Waals surface area contributed by atoms with Crippen LogP contribution in [0.1, 0.15) is 30.9 Å². The molecule has 1 aliphatic heterocycles. The van der Waals surface area contributed by atoms with Crippen molar-refractivity contribution < 1.29 is 18.3 Å². The molecule has 0 aliphatic carbocycles. The van der Waals surface area contributed by atoms with E-state index in [1.54, 1.807) is 12.1 Å². The number of hydrogen-bond donors (Lipinski definition) is 2. The number of aliphatic hydroxyl groups is 1. The smallest absolute Gasteiger partial charge is 0.175 e. The van der Waals surface area contributed by atoms with Gasteiger partial charge >= 0.3 is 0 Å². The largest absolute Gasteiger partial charge is 0.387 e. The number of aliphatic hydroxyl groups excluding tert-OH is 1. The molecule has 1 fully saturated rings. The monoisotopic (exact) mass is 313 g/mol. The molecule has 0 bridgehead atoms. The van der Waals surface area contributed by atoms with Crippen molar-refractivity contribution in [1.29, 1.82) is 0 Å². The van der Waals surface area contributed by atoms with Crippen LogP contribution in [0.5, 0.6) is 0 Å². The number of rotatable bonds is 6. The van der Waals surface area contributed by atoms with Crippen LogP contribution in [0.25, 0.3) is 0 Å². The molecule has 0 amide bonds. The van der Waals surface area contributed by atoms with Crippen LogP contribution < -0.4 is 5.32 Å². The van der Waals surface area contributed by atoms with Gasteiger partial charge in [0.25, 0.3) is 0 Å². The predicted molar refractivity (Wildman–Crippen MR) is 81.0 cm³/mol. The van der Waals surface area contributed by atoms with Gasteiger partial charge in [0.15, 0.2) is 9.84 Å². The molecule has 1 aromatic carbocycles. The first kappa shape index (κ1) is 16.4. The minimum atomic E-state index is -3.19. The van der Waals surface area contributed by atoms with Gasteiger partial charge in [0.05, 0.1) is 17.1 Å². The van der Waals surface area contributed by atoms with Gasteiger partial charge in [-0.3, -0.25) is 0 Å². The Morgan fingerprint density at radius 1 is 1.33 bits per heavy atom. The molecule has 1 heterocycles. The van der Waals surface area contributed by atoms with Crippen LogP contribution in [0, 0.1) is 0 Å². The Labute approximate surface area is 126 Å². The van der Waals surface area contributed by atoms with Crippen molar-refractivity contribution >= 4 is 9.84 Å². The number of benzene rings is 1. The Bertz CT molecular complexity index is 535. The third-order valence-corrected chi connectivity index (χ3v) is 4.81. The summed E-state index contributed by atoms with van der Waals surface area (Å²) in [5.74, 6) is 0. The zero-order chi connectivity index (χ0) is 15.3. The Kier molecular flexibility index (Phi) is 5.75. The minimum Gasteiger partial charge on any atom is -0.387 e. The minimum absolute atomic E-state index is 0.235. The van der Waals surface area contributed by atoms with Crippen LogP contribution in [0.4, 0.5) is 0 Å². The van der Waals surface area contributed by atoms with Gasteiger partial charge in [0, 0.05) is 26.0 Å². The maximum absolute atomic E-state index is 11.4. The molecule has 1 aromatic rings. The van der Waals surface area contributed by atoms with Crippen LogP contribution in [0.2, 0.25) is 0 Å². The van der Waals surface area contributed by atoms with E-state index in [4.69, 9.17) is 4.74 Å². The molecule has 0 saturated carbocycles. The van der Waals surface area contributed by atoms with Crippen molar-refractivity contribution in [3.63, 3.8) is 0 Å².